The summed E-state index contributed by atoms with van der Waals surface area (Å²) in [7, 11) is 0. The fraction of sp³-hybridized carbons (Fsp3) is 0.417. The monoisotopic (exact) mass is 206 g/mol. The molecule has 0 bridgehead atoms. The fourth-order valence-corrected chi connectivity index (χ4v) is 1.91. The fourth-order valence-electron chi connectivity index (χ4n) is 1.91. The average molecular weight is 206 g/mol. The number of furan rings is 1. The van der Waals surface area contributed by atoms with Gasteiger partial charge in [0.15, 0.2) is 0 Å². The molecule has 0 radical (unpaired) electrons. The van der Waals surface area contributed by atoms with Crippen molar-refractivity contribution < 1.29 is 14.3 Å². The zero-order valence-electron chi connectivity index (χ0n) is 8.75. The molecule has 1 heterocycles. The van der Waals surface area contributed by atoms with Crippen LogP contribution >= 0.6 is 0 Å². The molecule has 15 heavy (non-hydrogen) atoms. The first-order chi connectivity index (χ1) is 7.18. The maximum Gasteiger partial charge on any atom is 0.339 e. The summed E-state index contributed by atoms with van der Waals surface area (Å²) in [6.07, 6.45) is 6.58. The number of carboxylic acids is 1. The molecule has 0 saturated carbocycles. The predicted molar refractivity (Wildman–Crippen MR) is 56.8 cm³/mol. The molecule has 1 aromatic heterocycles. The van der Waals surface area contributed by atoms with E-state index in [4.69, 9.17) is 9.52 Å². The third kappa shape index (κ3) is 1.96. The summed E-state index contributed by atoms with van der Waals surface area (Å²) in [5.41, 5.74) is 1.42. The quantitative estimate of drug-likeness (QED) is 0.808. The van der Waals surface area contributed by atoms with Gasteiger partial charge in [0.05, 0.1) is 0 Å². The molecular weight excluding hydrogens is 192 g/mol. The normalized spacial score (nSPS) is 16.2. The third-order valence-corrected chi connectivity index (χ3v) is 2.76. The van der Waals surface area contributed by atoms with Crippen LogP contribution in [0.1, 0.15) is 47.6 Å². The Kier molecular flexibility index (Phi) is 2.62. The van der Waals surface area contributed by atoms with Gasteiger partial charge in [-0.1, -0.05) is 6.08 Å². The first kappa shape index (κ1) is 10.0. The largest absolute Gasteiger partial charge is 0.478 e. The molecule has 1 aliphatic carbocycles. The van der Waals surface area contributed by atoms with Crippen LogP contribution in [0.15, 0.2) is 16.6 Å². The molecule has 0 aliphatic heterocycles. The minimum atomic E-state index is -0.918. The van der Waals surface area contributed by atoms with E-state index in [9.17, 15) is 4.79 Å². The van der Waals surface area contributed by atoms with Gasteiger partial charge < -0.3 is 9.52 Å². The van der Waals surface area contributed by atoms with Crippen LogP contribution in [-0.4, -0.2) is 11.1 Å². The predicted octanol–water partition coefficient (Wildman–Crippen LogP) is 3.24. The Morgan fingerprint density at radius 3 is 2.80 bits per heavy atom. The standard InChI is InChI=1S/C12H14O3/c1-8-10(12(13)14)7-11(15-8)9-5-3-2-4-6-9/h5,7H,2-4,6H2,1H3,(H,13,14). The van der Waals surface area contributed by atoms with Crippen LogP contribution in [0.2, 0.25) is 0 Å². The Morgan fingerprint density at radius 1 is 1.47 bits per heavy atom. The molecule has 1 aliphatic rings. The van der Waals surface area contributed by atoms with Crippen LogP contribution in [0.4, 0.5) is 0 Å². The van der Waals surface area contributed by atoms with Gasteiger partial charge in [0.2, 0.25) is 0 Å². The van der Waals surface area contributed by atoms with E-state index in [1.807, 2.05) is 0 Å². The van der Waals surface area contributed by atoms with E-state index < -0.39 is 5.97 Å². The Bertz CT molecular complexity index is 413. The van der Waals surface area contributed by atoms with Crippen LogP contribution in [0.5, 0.6) is 0 Å². The van der Waals surface area contributed by atoms with Crippen molar-refractivity contribution in [2.75, 3.05) is 0 Å². The van der Waals surface area contributed by atoms with Crippen LogP contribution in [0.25, 0.3) is 5.57 Å². The van der Waals surface area contributed by atoms with Gasteiger partial charge in [0.25, 0.3) is 0 Å². The maximum absolute atomic E-state index is 10.8. The van der Waals surface area contributed by atoms with Crippen molar-refractivity contribution in [1.29, 1.82) is 0 Å². The van der Waals surface area contributed by atoms with Crippen molar-refractivity contribution in [2.24, 2.45) is 0 Å². The van der Waals surface area contributed by atoms with E-state index >= 15 is 0 Å². The highest BCUT2D eigenvalue weighted by atomic mass is 16.4. The van der Waals surface area contributed by atoms with Crippen molar-refractivity contribution in [3.8, 4) is 0 Å². The molecule has 80 valence electrons. The molecule has 0 unspecified atom stereocenters. The summed E-state index contributed by atoms with van der Waals surface area (Å²) in [6.45, 7) is 1.69. The molecule has 0 atom stereocenters. The summed E-state index contributed by atoms with van der Waals surface area (Å²) in [6, 6.07) is 1.63. The molecule has 1 aromatic rings. The number of allylic oxidation sites excluding steroid dienone is 2. The lowest BCUT2D eigenvalue weighted by molar-refractivity contribution is 0.0695. The zero-order chi connectivity index (χ0) is 10.8. The first-order valence-electron chi connectivity index (χ1n) is 5.21. The van der Waals surface area contributed by atoms with E-state index in [1.54, 1.807) is 13.0 Å². The van der Waals surface area contributed by atoms with Gasteiger partial charge >= 0.3 is 5.97 Å². The highest BCUT2D eigenvalue weighted by Gasteiger charge is 2.16. The molecule has 0 aromatic carbocycles. The molecule has 1 N–H and O–H groups in total. The molecule has 0 spiro atoms. The van der Waals surface area contributed by atoms with Crippen molar-refractivity contribution in [1.82, 2.24) is 0 Å². The summed E-state index contributed by atoms with van der Waals surface area (Å²) in [4.78, 5) is 10.8. The Hall–Kier alpha value is -1.51. The van der Waals surface area contributed by atoms with Crippen LogP contribution in [-0.2, 0) is 0 Å². The van der Waals surface area contributed by atoms with Crippen molar-refractivity contribution in [3.05, 3.63) is 29.2 Å². The first-order valence-corrected chi connectivity index (χ1v) is 5.21. The highest BCUT2D eigenvalue weighted by Crippen LogP contribution is 2.29. The SMILES string of the molecule is Cc1oc(C2=CCCCC2)cc1C(=O)O. The molecule has 3 heteroatoms. The molecule has 0 fully saturated rings. The van der Waals surface area contributed by atoms with E-state index in [0.717, 1.165) is 30.6 Å². The van der Waals surface area contributed by atoms with Gasteiger partial charge in [-0.05, 0) is 44.2 Å². The molecule has 0 amide bonds. The minimum absolute atomic E-state index is 0.275. The van der Waals surface area contributed by atoms with Crippen LogP contribution in [0.3, 0.4) is 0 Å². The van der Waals surface area contributed by atoms with Gasteiger partial charge in [-0.3, -0.25) is 0 Å². The number of aromatic carboxylic acids is 1. The van der Waals surface area contributed by atoms with Crippen molar-refractivity contribution in [3.63, 3.8) is 0 Å². The molecule has 2 rings (SSSR count). The second-order valence-electron chi connectivity index (χ2n) is 3.86. The van der Waals surface area contributed by atoms with Gasteiger partial charge in [0, 0.05) is 0 Å². The van der Waals surface area contributed by atoms with E-state index in [-0.39, 0.29) is 5.56 Å². The number of carbonyl (C=O) groups is 1. The summed E-state index contributed by atoms with van der Waals surface area (Å²) in [5.74, 6) is 0.299. The smallest absolute Gasteiger partial charge is 0.339 e. The van der Waals surface area contributed by atoms with E-state index in [0.29, 0.717) is 5.76 Å². The minimum Gasteiger partial charge on any atom is -0.478 e. The Labute approximate surface area is 88.4 Å². The average Bonchev–Trinajstić information content (AvgIpc) is 2.62. The highest BCUT2D eigenvalue weighted by molar-refractivity contribution is 5.89. The number of carboxylic acid groups (broad SMARTS) is 1. The van der Waals surface area contributed by atoms with Crippen molar-refractivity contribution in [2.45, 2.75) is 32.6 Å². The van der Waals surface area contributed by atoms with Gasteiger partial charge in [0.1, 0.15) is 17.1 Å². The Balaban J connectivity index is 2.33. The van der Waals surface area contributed by atoms with Crippen molar-refractivity contribution >= 4 is 11.5 Å². The zero-order valence-corrected chi connectivity index (χ0v) is 8.75. The summed E-state index contributed by atoms with van der Waals surface area (Å²) in [5, 5.41) is 8.90. The van der Waals surface area contributed by atoms with Gasteiger partial charge in [-0.25, -0.2) is 4.79 Å². The number of rotatable bonds is 2. The summed E-state index contributed by atoms with van der Waals surface area (Å²) < 4.78 is 5.47. The summed E-state index contributed by atoms with van der Waals surface area (Å²) >= 11 is 0. The second kappa shape index (κ2) is 3.93. The van der Waals surface area contributed by atoms with E-state index in [1.165, 1.54) is 6.42 Å². The van der Waals surface area contributed by atoms with E-state index in [2.05, 4.69) is 6.08 Å². The van der Waals surface area contributed by atoms with Crippen LogP contribution < -0.4 is 0 Å². The lowest BCUT2D eigenvalue weighted by atomic mass is 9.98. The van der Waals surface area contributed by atoms with Crippen LogP contribution in [0, 0.1) is 6.92 Å². The van der Waals surface area contributed by atoms with Gasteiger partial charge in [-0.2, -0.15) is 0 Å². The molecule has 0 saturated heterocycles. The number of aryl methyl sites for hydroxylation is 1. The topological polar surface area (TPSA) is 50.4 Å². The van der Waals surface area contributed by atoms with Gasteiger partial charge in [-0.15, -0.1) is 0 Å². The molecule has 3 nitrogen and oxygen atoms in total. The lowest BCUT2D eigenvalue weighted by Crippen LogP contribution is -1.95. The molecular formula is C12H14O3. The lowest BCUT2D eigenvalue weighted by Gasteiger charge is -2.09. The Morgan fingerprint density at radius 2 is 2.27 bits per heavy atom. The number of hydrogen-bond donors (Lipinski definition) is 1. The number of hydrogen-bond acceptors (Lipinski definition) is 2. The maximum atomic E-state index is 10.8. The second-order valence-corrected chi connectivity index (χ2v) is 3.86. The third-order valence-electron chi connectivity index (χ3n) is 2.76.